The Morgan fingerprint density at radius 2 is 2.21 bits per heavy atom. The first-order valence-corrected chi connectivity index (χ1v) is 7.44. The van der Waals surface area contributed by atoms with Crippen LogP contribution in [0.4, 0.5) is 0 Å². The van der Waals surface area contributed by atoms with Crippen molar-refractivity contribution in [2.75, 3.05) is 6.26 Å². The van der Waals surface area contributed by atoms with Crippen molar-refractivity contribution in [3.8, 4) is 0 Å². The van der Waals surface area contributed by atoms with Gasteiger partial charge in [0.25, 0.3) is 5.56 Å². The lowest BCUT2D eigenvalue weighted by atomic mass is 10.2. The van der Waals surface area contributed by atoms with E-state index in [1.165, 1.54) is 16.4 Å². The van der Waals surface area contributed by atoms with Crippen LogP contribution in [-0.4, -0.2) is 27.3 Å². The molecule has 0 N–H and O–H groups in total. The molecule has 1 aromatic heterocycles. The molecular formula is C12H11BrN4OS. The van der Waals surface area contributed by atoms with Gasteiger partial charge in [0.05, 0.1) is 6.21 Å². The summed E-state index contributed by atoms with van der Waals surface area (Å²) in [6, 6.07) is 7.64. The maximum Gasteiger partial charge on any atom is 0.296 e. The molecule has 0 bridgehead atoms. The van der Waals surface area contributed by atoms with Gasteiger partial charge in [-0.25, -0.2) is 0 Å². The lowest BCUT2D eigenvalue weighted by molar-refractivity contribution is 0.635. The Morgan fingerprint density at radius 3 is 2.89 bits per heavy atom. The van der Waals surface area contributed by atoms with Crippen LogP contribution in [0.2, 0.25) is 0 Å². The number of rotatable bonds is 3. The van der Waals surface area contributed by atoms with Gasteiger partial charge >= 0.3 is 0 Å². The van der Waals surface area contributed by atoms with E-state index in [1.807, 2.05) is 30.5 Å². The fraction of sp³-hybridized carbons (Fsp3) is 0.167. The minimum atomic E-state index is -0.259. The third-order valence-corrected chi connectivity index (χ3v) is 3.44. The van der Waals surface area contributed by atoms with Crippen LogP contribution in [-0.2, 0) is 0 Å². The summed E-state index contributed by atoms with van der Waals surface area (Å²) in [6.07, 6.45) is 3.44. The molecule has 0 spiro atoms. The summed E-state index contributed by atoms with van der Waals surface area (Å²) in [5.41, 5.74) is 0.956. The Balaban J connectivity index is 2.43. The number of aromatic nitrogens is 3. The van der Waals surface area contributed by atoms with Gasteiger partial charge in [0.15, 0.2) is 0 Å². The molecule has 0 fully saturated rings. The minimum Gasteiger partial charge on any atom is -0.265 e. The van der Waals surface area contributed by atoms with Gasteiger partial charge in [-0.2, -0.15) is 9.78 Å². The average molecular weight is 339 g/mol. The Morgan fingerprint density at radius 1 is 1.42 bits per heavy atom. The number of nitrogens with zero attached hydrogens (tertiary/aromatic N) is 4. The lowest BCUT2D eigenvalue weighted by Gasteiger charge is -2.03. The molecule has 0 aliphatic carbocycles. The molecule has 7 heteroatoms. The van der Waals surface area contributed by atoms with E-state index in [0.717, 1.165) is 10.0 Å². The first-order valence-electron chi connectivity index (χ1n) is 5.42. The van der Waals surface area contributed by atoms with Crippen molar-refractivity contribution < 1.29 is 0 Å². The predicted molar refractivity (Wildman–Crippen MR) is 79.9 cm³/mol. The number of benzene rings is 1. The Hall–Kier alpha value is -1.47. The largest absolute Gasteiger partial charge is 0.296 e. The van der Waals surface area contributed by atoms with Gasteiger partial charge in [0.1, 0.15) is 5.69 Å². The highest BCUT2D eigenvalue weighted by Gasteiger charge is 2.06. The predicted octanol–water partition coefficient (Wildman–Crippen LogP) is 2.31. The number of halogens is 1. The zero-order valence-electron chi connectivity index (χ0n) is 10.4. The molecule has 0 saturated heterocycles. The molecule has 0 aliphatic heterocycles. The van der Waals surface area contributed by atoms with E-state index in [4.69, 9.17) is 0 Å². The number of hydrogen-bond donors (Lipinski definition) is 0. The second-order valence-corrected chi connectivity index (χ2v) is 5.38. The highest BCUT2D eigenvalue weighted by molar-refractivity contribution is 9.10. The van der Waals surface area contributed by atoms with Gasteiger partial charge in [0.2, 0.25) is 5.16 Å². The molecule has 0 saturated carbocycles. The van der Waals surface area contributed by atoms with E-state index in [0.29, 0.717) is 10.9 Å². The van der Waals surface area contributed by atoms with Gasteiger partial charge in [-0.1, -0.05) is 39.8 Å². The minimum absolute atomic E-state index is 0.259. The number of hydrogen-bond acceptors (Lipinski definition) is 5. The first-order chi connectivity index (χ1) is 9.11. The van der Waals surface area contributed by atoms with Crippen LogP contribution in [0.25, 0.3) is 0 Å². The second-order valence-electron chi connectivity index (χ2n) is 3.69. The Labute approximate surface area is 122 Å². The van der Waals surface area contributed by atoms with Crippen LogP contribution in [0, 0.1) is 6.92 Å². The van der Waals surface area contributed by atoms with Crippen LogP contribution < -0.4 is 5.56 Å². The van der Waals surface area contributed by atoms with Crippen LogP contribution in [0.15, 0.2) is 43.8 Å². The third kappa shape index (κ3) is 3.30. The quantitative estimate of drug-likeness (QED) is 0.636. The SMILES string of the molecule is CSc1nnc(C)c(=O)n1/N=C\c1cccc(Br)c1. The van der Waals surface area contributed by atoms with Crippen molar-refractivity contribution >= 4 is 33.9 Å². The van der Waals surface area contributed by atoms with Crippen molar-refractivity contribution in [3.63, 3.8) is 0 Å². The van der Waals surface area contributed by atoms with Crippen molar-refractivity contribution in [1.82, 2.24) is 14.9 Å². The normalized spacial score (nSPS) is 11.1. The monoisotopic (exact) mass is 338 g/mol. The second kappa shape index (κ2) is 6.12. The van der Waals surface area contributed by atoms with Crippen molar-refractivity contribution in [3.05, 3.63) is 50.3 Å². The summed E-state index contributed by atoms with van der Waals surface area (Å²) in [7, 11) is 0. The summed E-state index contributed by atoms with van der Waals surface area (Å²) in [5, 5.41) is 12.4. The Kier molecular flexibility index (Phi) is 4.49. The van der Waals surface area contributed by atoms with Crippen molar-refractivity contribution in [1.29, 1.82) is 0 Å². The average Bonchev–Trinajstić information content (AvgIpc) is 2.40. The smallest absolute Gasteiger partial charge is 0.265 e. The summed E-state index contributed by atoms with van der Waals surface area (Å²) in [4.78, 5) is 12.0. The molecule has 0 aliphatic rings. The maximum atomic E-state index is 12.0. The van der Waals surface area contributed by atoms with E-state index in [2.05, 4.69) is 31.2 Å². The standard InChI is InChI=1S/C12H11BrN4OS/c1-8-11(18)17(12(19-2)16-15-8)14-7-9-4-3-5-10(13)6-9/h3-7H,1-2H3/b14-7-. The zero-order valence-corrected chi connectivity index (χ0v) is 12.8. The molecule has 2 rings (SSSR count). The summed E-state index contributed by atoms with van der Waals surface area (Å²) in [5.74, 6) is 0. The molecule has 0 unspecified atom stereocenters. The summed E-state index contributed by atoms with van der Waals surface area (Å²) >= 11 is 4.71. The molecule has 98 valence electrons. The number of thioether (sulfide) groups is 1. The number of aryl methyl sites for hydroxylation is 1. The van der Waals surface area contributed by atoms with Crippen molar-refractivity contribution in [2.45, 2.75) is 12.1 Å². The van der Waals surface area contributed by atoms with Gasteiger partial charge < -0.3 is 0 Å². The molecule has 0 atom stereocenters. The van der Waals surface area contributed by atoms with Crippen LogP contribution in [0.3, 0.4) is 0 Å². The van der Waals surface area contributed by atoms with Gasteiger partial charge in [-0.15, -0.1) is 10.2 Å². The highest BCUT2D eigenvalue weighted by atomic mass is 79.9. The zero-order chi connectivity index (χ0) is 13.8. The van der Waals surface area contributed by atoms with Crippen LogP contribution in [0.1, 0.15) is 11.3 Å². The summed E-state index contributed by atoms with van der Waals surface area (Å²) < 4.78 is 2.21. The topological polar surface area (TPSA) is 60.1 Å². The molecule has 2 aromatic rings. The highest BCUT2D eigenvalue weighted by Crippen LogP contribution is 2.11. The molecule has 1 heterocycles. The molecule has 5 nitrogen and oxygen atoms in total. The molecule has 1 aromatic carbocycles. The molecular weight excluding hydrogens is 328 g/mol. The third-order valence-electron chi connectivity index (χ3n) is 2.32. The Bertz CT molecular complexity index is 684. The van der Waals surface area contributed by atoms with Crippen LogP contribution >= 0.6 is 27.7 Å². The van der Waals surface area contributed by atoms with E-state index in [9.17, 15) is 4.79 Å². The lowest BCUT2D eigenvalue weighted by Crippen LogP contribution is -2.23. The van der Waals surface area contributed by atoms with E-state index >= 15 is 0 Å². The summed E-state index contributed by atoms with van der Waals surface area (Å²) in [6.45, 7) is 1.62. The van der Waals surface area contributed by atoms with E-state index < -0.39 is 0 Å². The fourth-order valence-electron chi connectivity index (χ4n) is 1.38. The van der Waals surface area contributed by atoms with Crippen LogP contribution in [0.5, 0.6) is 0 Å². The van der Waals surface area contributed by atoms with Crippen molar-refractivity contribution in [2.24, 2.45) is 5.10 Å². The molecule has 19 heavy (non-hydrogen) atoms. The first kappa shape index (κ1) is 14.0. The van der Waals surface area contributed by atoms with Gasteiger partial charge in [-0.05, 0) is 30.9 Å². The van der Waals surface area contributed by atoms with Gasteiger partial charge in [0, 0.05) is 4.47 Å². The van der Waals surface area contributed by atoms with E-state index in [1.54, 1.807) is 13.1 Å². The maximum absolute atomic E-state index is 12.0. The molecule has 0 amide bonds. The fourth-order valence-corrected chi connectivity index (χ4v) is 2.23. The van der Waals surface area contributed by atoms with E-state index in [-0.39, 0.29) is 5.56 Å². The molecule has 0 radical (unpaired) electrons. The van der Waals surface area contributed by atoms with Gasteiger partial charge in [-0.3, -0.25) is 4.79 Å².